The highest BCUT2D eigenvalue weighted by atomic mass is 16.1. The number of carbonyl (C=O) groups is 1. The fraction of sp³-hybridized carbons (Fsp3) is 0.500. The van der Waals surface area contributed by atoms with E-state index in [1.54, 1.807) is 6.20 Å². The van der Waals surface area contributed by atoms with Gasteiger partial charge in [0.2, 0.25) is 0 Å². The molecule has 15 heavy (non-hydrogen) atoms. The molecule has 1 aromatic heterocycles. The molecule has 1 aromatic rings. The smallest absolute Gasteiger partial charge is 0.151 e. The molecule has 80 valence electrons. The van der Waals surface area contributed by atoms with Gasteiger partial charge in [0.15, 0.2) is 6.29 Å². The largest absolute Gasteiger partial charge is 0.355 e. The van der Waals surface area contributed by atoms with Crippen LogP contribution in [0.3, 0.4) is 0 Å². The number of hydrogen-bond donors (Lipinski definition) is 0. The summed E-state index contributed by atoms with van der Waals surface area (Å²) in [7, 11) is 0. The van der Waals surface area contributed by atoms with E-state index in [2.05, 4.69) is 23.7 Å². The van der Waals surface area contributed by atoms with Crippen LogP contribution in [0.1, 0.15) is 29.8 Å². The summed E-state index contributed by atoms with van der Waals surface area (Å²) < 4.78 is 0. The molecule has 0 amide bonds. The summed E-state index contributed by atoms with van der Waals surface area (Å²) in [6.07, 6.45) is 2.48. The van der Waals surface area contributed by atoms with Crippen LogP contribution >= 0.6 is 0 Å². The van der Waals surface area contributed by atoms with Gasteiger partial charge in [-0.2, -0.15) is 0 Å². The van der Waals surface area contributed by atoms with Crippen molar-refractivity contribution >= 4 is 12.1 Å². The third kappa shape index (κ3) is 1.87. The number of rotatable bonds is 2. The highest BCUT2D eigenvalue weighted by Crippen LogP contribution is 2.33. The van der Waals surface area contributed by atoms with Crippen LogP contribution in [0.15, 0.2) is 12.3 Å². The summed E-state index contributed by atoms with van der Waals surface area (Å²) in [5.41, 5.74) is 2.13. The van der Waals surface area contributed by atoms with Gasteiger partial charge >= 0.3 is 0 Å². The molecule has 0 aromatic carbocycles. The number of aldehydes is 1. The molecule has 0 bridgehead atoms. The Morgan fingerprint density at radius 1 is 1.47 bits per heavy atom. The standard InChI is InChI=1S/C12H16N2O/c1-9-4-10(6-15)5-13-11(9)14-7-12(2,3)8-14/h4-6H,7-8H2,1-3H3. The Kier molecular flexibility index (Phi) is 2.25. The van der Waals surface area contributed by atoms with Gasteiger partial charge in [-0.1, -0.05) is 13.8 Å². The topological polar surface area (TPSA) is 33.2 Å². The van der Waals surface area contributed by atoms with Gasteiger partial charge in [0, 0.05) is 24.8 Å². The molecule has 1 fully saturated rings. The second-order valence-electron chi connectivity index (χ2n) is 5.05. The molecule has 1 saturated heterocycles. The normalized spacial score (nSPS) is 18.5. The molecular formula is C12H16N2O. The minimum atomic E-state index is 0.400. The third-order valence-corrected chi connectivity index (χ3v) is 2.75. The van der Waals surface area contributed by atoms with Crippen LogP contribution in [-0.4, -0.2) is 24.4 Å². The van der Waals surface area contributed by atoms with Gasteiger partial charge in [-0.3, -0.25) is 4.79 Å². The van der Waals surface area contributed by atoms with Crippen LogP contribution in [0.5, 0.6) is 0 Å². The number of aromatic nitrogens is 1. The van der Waals surface area contributed by atoms with Gasteiger partial charge < -0.3 is 4.90 Å². The molecule has 0 spiro atoms. The molecule has 0 aliphatic carbocycles. The molecule has 1 aliphatic heterocycles. The molecule has 0 saturated carbocycles. The van der Waals surface area contributed by atoms with Crippen molar-refractivity contribution in [2.45, 2.75) is 20.8 Å². The van der Waals surface area contributed by atoms with Gasteiger partial charge in [-0.15, -0.1) is 0 Å². The molecule has 3 heteroatoms. The Labute approximate surface area is 90.1 Å². The van der Waals surface area contributed by atoms with Crippen LogP contribution < -0.4 is 4.90 Å². The molecule has 2 rings (SSSR count). The van der Waals surface area contributed by atoms with Crippen molar-refractivity contribution < 1.29 is 4.79 Å². The molecule has 0 N–H and O–H groups in total. The Bertz CT molecular complexity index is 391. The molecule has 2 heterocycles. The van der Waals surface area contributed by atoms with E-state index >= 15 is 0 Å². The highest BCUT2D eigenvalue weighted by Gasteiger charge is 2.35. The van der Waals surface area contributed by atoms with Gasteiger partial charge in [0.05, 0.1) is 0 Å². The molecule has 1 aliphatic rings. The average Bonchev–Trinajstić information content (AvgIpc) is 2.14. The highest BCUT2D eigenvalue weighted by molar-refractivity contribution is 5.75. The Hall–Kier alpha value is -1.38. The zero-order chi connectivity index (χ0) is 11.1. The van der Waals surface area contributed by atoms with Crippen molar-refractivity contribution in [3.05, 3.63) is 23.4 Å². The molecule has 0 radical (unpaired) electrons. The maximum absolute atomic E-state index is 10.6. The monoisotopic (exact) mass is 204 g/mol. The van der Waals surface area contributed by atoms with Crippen LogP contribution in [-0.2, 0) is 0 Å². The fourth-order valence-corrected chi connectivity index (χ4v) is 2.12. The summed E-state index contributed by atoms with van der Waals surface area (Å²) in [4.78, 5) is 17.2. The lowest BCUT2D eigenvalue weighted by molar-refractivity contribution is 0.112. The fourth-order valence-electron chi connectivity index (χ4n) is 2.12. The van der Waals surface area contributed by atoms with Crippen molar-refractivity contribution in [2.75, 3.05) is 18.0 Å². The van der Waals surface area contributed by atoms with E-state index in [-0.39, 0.29) is 0 Å². The predicted molar refractivity (Wildman–Crippen MR) is 60.4 cm³/mol. The van der Waals surface area contributed by atoms with Crippen molar-refractivity contribution in [1.29, 1.82) is 0 Å². The van der Waals surface area contributed by atoms with E-state index < -0.39 is 0 Å². The van der Waals surface area contributed by atoms with Crippen LogP contribution in [0.2, 0.25) is 0 Å². The number of nitrogens with zero attached hydrogens (tertiary/aromatic N) is 2. The van der Waals surface area contributed by atoms with E-state index in [0.29, 0.717) is 11.0 Å². The van der Waals surface area contributed by atoms with Gasteiger partial charge in [-0.05, 0) is 24.0 Å². The van der Waals surface area contributed by atoms with Crippen LogP contribution in [0.25, 0.3) is 0 Å². The Balaban J connectivity index is 2.20. The number of pyridine rings is 1. The minimum Gasteiger partial charge on any atom is -0.355 e. The quantitative estimate of drug-likeness (QED) is 0.691. The lowest BCUT2D eigenvalue weighted by Crippen LogP contribution is -2.53. The van der Waals surface area contributed by atoms with E-state index in [1.807, 2.05) is 13.0 Å². The minimum absolute atomic E-state index is 0.400. The van der Waals surface area contributed by atoms with Gasteiger partial charge in [-0.25, -0.2) is 4.98 Å². The van der Waals surface area contributed by atoms with Crippen LogP contribution in [0, 0.1) is 12.3 Å². The SMILES string of the molecule is Cc1cc(C=O)cnc1N1CC(C)(C)C1. The van der Waals surface area contributed by atoms with Gasteiger partial charge in [0.25, 0.3) is 0 Å². The maximum atomic E-state index is 10.6. The van der Waals surface area contributed by atoms with E-state index in [1.165, 1.54) is 0 Å². The lowest BCUT2D eigenvalue weighted by Gasteiger charge is -2.47. The Morgan fingerprint density at radius 2 is 2.13 bits per heavy atom. The molecule has 0 atom stereocenters. The number of anilines is 1. The first-order valence-corrected chi connectivity index (χ1v) is 5.19. The summed E-state index contributed by atoms with van der Waals surface area (Å²) in [5.74, 6) is 1.01. The number of hydrogen-bond acceptors (Lipinski definition) is 3. The summed E-state index contributed by atoms with van der Waals surface area (Å²) in [6, 6.07) is 1.89. The van der Waals surface area contributed by atoms with Crippen molar-refractivity contribution in [2.24, 2.45) is 5.41 Å². The number of carbonyl (C=O) groups excluding carboxylic acids is 1. The second kappa shape index (κ2) is 3.33. The summed E-state index contributed by atoms with van der Waals surface area (Å²) >= 11 is 0. The maximum Gasteiger partial charge on any atom is 0.151 e. The van der Waals surface area contributed by atoms with E-state index in [9.17, 15) is 4.79 Å². The van der Waals surface area contributed by atoms with Gasteiger partial charge in [0.1, 0.15) is 5.82 Å². The third-order valence-electron chi connectivity index (χ3n) is 2.75. The lowest BCUT2D eigenvalue weighted by atomic mass is 9.84. The molecular weight excluding hydrogens is 188 g/mol. The van der Waals surface area contributed by atoms with Crippen molar-refractivity contribution in [1.82, 2.24) is 4.98 Å². The second-order valence-corrected chi connectivity index (χ2v) is 5.05. The molecule has 3 nitrogen and oxygen atoms in total. The number of aryl methyl sites for hydroxylation is 1. The van der Waals surface area contributed by atoms with E-state index in [0.717, 1.165) is 30.8 Å². The first-order valence-electron chi connectivity index (χ1n) is 5.19. The first kappa shape index (κ1) is 10.1. The summed E-state index contributed by atoms with van der Waals surface area (Å²) in [6.45, 7) is 8.58. The zero-order valence-corrected chi connectivity index (χ0v) is 9.45. The van der Waals surface area contributed by atoms with Crippen molar-refractivity contribution in [3.8, 4) is 0 Å². The summed E-state index contributed by atoms with van der Waals surface area (Å²) in [5, 5.41) is 0. The molecule has 0 unspecified atom stereocenters. The average molecular weight is 204 g/mol. The predicted octanol–water partition coefficient (Wildman–Crippen LogP) is 2.05. The van der Waals surface area contributed by atoms with Crippen molar-refractivity contribution in [3.63, 3.8) is 0 Å². The Morgan fingerprint density at radius 3 is 2.60 bits per heavy atom. The van der Waals surface area contributed by atoms with Crippen LogP contribution in [0.4, 0.5) is 5.82 Å². The van der Waals surface area contributed by atoms with E-state index in [4.69, 9.17) is 0 Å². The zero-order valence-electron chi connectivity index (χ0n) is 9.45. The first-order chi connectivity index (χ1) is 7.02.